The molecule has 3 heteroatoms. The Morgan fingerprint density at radius 1 is 1.54 bits per heavy atom. The molecule has 1 N–H and O–H groups in total. The van der Waals surface area contributed by atoms with Crippen LogP contribution >= 0.6 is 11.6 Å². The van der Waals surface area contributed by atoms with Crippen LogP contribution < -0.4 is 0 Å². The third-order valence-electron chi connectivity index (χ3n) is 2.56. The van der Waals surface area contributed by atoms with Crippen molar-refractivity contribution in [2.24, 2.45) is 5.92 Å². The van der Waals surface area contributed by atoms with E-state index in [1.165, 1.54) is 5.54 Å². The Labute approximate surface area is 84.5 Å². The summed E-state index contributed by atoms with van der Waals surface area (Å²) in [6, 6.07) is 0. The van der Waals surface area contributed by atoms with Gasteiger partial charge in [0.25, 0.3) is 0 Å². The molecule has 0 aromatic rings. The quantitative estimate of drug-likeness (QED) is 0.712. The van der Waals surface area contributed by atoms with Crippen molar-refractivity contribution in [2.45, 2.75) is 45.3 Å². The fourth-order valence-corrected chi connectivity index (χ4v) is 2.00. The van der Waals surface area contributed by atoms with Crippen LogP contribution in [0.4, 0.5) is 0 Å². The predicted octanol–water partition coefficient (Wildman–Crippen LogP) is 2.65. The third-order valence-corrected chi connectivity index (χ3v) is 2.76. The maximum Gasteiger partial charge on any atom is 0.140 e. The minimum atomic E-state index is -0.898. The molecule has 0 saturated carbocycles. The van der Waals surface area contributed by atoms with Crippen LogP contribution in [-0.4, -0.2) is 16.3 Å². The fraction of sp³-hybridized carbons (Fsp3) is 0.800. The molecule has 0 amide bonds. The van der Waals surface area contributed by atoms with E-state index in [-0.39, 0.29) is 11.5 Å². The van der Waals surface area contributed by atoms with Crippen LogP contribution in [0.3, 0.4) is 0 Å². The summed E-state index contributed by atoms with van der Waals surface area (Å²) in [5, 5.41) is 10.3. The topological polar surface area (TPSA) is 29.5 Å². The fourth-order valence-electron chi connectivity index (χ4n) is 1.76. The Bertz CT molecular complexity index is 233. The lowest BCUT2D eigenvalue weighted by Crippen LogP contribution is -2.35. The summed E-state index contributed by atoms with van der Waals surface area (Å²) in [4.78, 5) is 0. The molecule has 0 aromatic carbocycles. The number of ether oxygens (including phenoxy) is 1. The first-order chi connectivity index (χ1) is 5.82. The van der Waals surface area contributed by atoms with E-state index in [0.717, 1.165) is 0 Å². The Hall–Kier alpha value is -0.210. The average molecular weight is 205 g/mol. The van der Waals surface area contributed by atoms with Crippen molar-refractivity contribution in [3.05, 3.63) is 11.3 Å². The summed E-state index contributed by atoms with van der Waals surface area (Å²) in [6.07, 6.45) is 0.593. The van der Waals surface area contributed by atoms with E-state index in [2.05, 4.69) is 0 Å². The first kappa shape index (κ1) is 10.9. The van der Waals surface area contributed by atoms with E-state index in [9.17, 15) is 5.11 Å². The number of aliphatic hydroxyl groups is 1. The highest BCUT2D eigenvalue weighted by atomic mass is 35.5. The minimum absolute atomic E-state index is 0.110. The molecule has 0 radical (unpaired) electrons. The van der Waals surface area contributed by atoms with Gasteiger partial charge in [-0.15, -0.1) is 0 Å². The first-order valence-electron chi connectivity index (χ1n) is 4.54. The summed E-state index contributed by atoms with van der Waals surface area (Å²) < 4.78 is 5.55. The minimum Gasteiger partial charge on any atom is -0.488 e. The first-order valence-corrected chi connectivity index (χ1v) is 4.98. The second-order valence-corrected chi connectivity index (χ2v) is 4.81. The lowest BCUT2D eigenvalue weighted by Gasteiger charge is -2.26. The molecule has 0 spiro atoms. The van der Waals surface area contributed by atoms with Crippen molar-refractivity contribution in [2.75, 3.05) is 0 Å². The van der Waals surface area contributed by atoms with Crippen LogP contribution in [0.1, 0.15) is 34.1 Å². The van der Waals surface area contributed by atoms with E-state index in [1.807, 2.05) is 27.7 Å². The monoisotopic (exact) mass is 204 g/mol. The highest BCUT2D eigenvalue weighted by Gasteiger charge is 2.49. The average Bonchev–Trinajstić information content (AvgIpc) is 2.22. The molecule has 1 fully saturated rings. The van der Waals surface area contributed by atoms with Gasteiger partial charge in [0.2, 0.25) is 0 Å². The number of rotatable bonds is 1. The normalized spacial score (nSPS) is 35.5. The number of hydrogen-bond acceptors (Lipinski definition) is 2. The van der Waals surface area contributed by atoms with Crippen LogP contribution in [-0.2, 0) is 4.74 Å². The zero-order valence-corrected chi connectivity index (χ0v) is 9.35. The molecule has 1 heterocycles. The lowest BCUT2D eigenvalue weighted by atomic mass is 9.83. The second-order valence-electron chi connectivity index (χ2n) is 4.59. The van der Waals surface area contributed by atoms with Gasteiger partial charge in [0.1, 0.15) is 17.0 Å². The summed E-state index contributed by atoms with van der Waals surface area (Å²) >= 11 is 5.62. The Morgan fingerprint density at radius 3 is 2.38 bits per heavy atom. The highest BCUT2D eigenvalue weighted by Crippen LogP contribution is 2.44. The van der Waals surface area contributed by atoms with Crippen LogP contribution in [0.2, 0.25) is 0 Å². The van der Waals surface area contributed by atoms with Crippen molar-refractivity contribution in [1.82, 2.24) is 0 Å². The van der Waals surface area contributed by atoms with E-state index in [1.54, 1.807) is 0 Å². The Balaban J connectivity index is 2.99. The standard InChI is InChI=1S/C10H17ClO2/c1-7(2)10(12)6-9(3,4)13-8(10)5-11/h5,7,12H,6H2,1-4H3/b8-5+. The third kappa shape index (κ3) is 1.84. The van der Waals surface area contributed by atoms with Crippen LogP contribution in [0.15, 0.2) is 11.3 Å². The Kier molecular flexibility index (Phi) is 2.65. The zero-order chi connectivity index (χ0) is 10.3. The van der Waals surface area contributed by atoms with Crippen molar-refractivity contribution in [1.29, 1.82) is 0 Å². The summed E-state index contributed by atoms with van der Waals surface area (Å²) in [7, 11) is 0. The molecule has 1 aliphatic heterocycles. The van der Waals surface area contributed by atoms with Gasteiger partial charge in [-0.3, -0.25) is 0 Å². The second kappa shape index (κ2) is 3.18. The van der Waals surface area contributed by atoms with Crippen LogP contribution in [0.25, 0.3) is 0 Å². The molecule has 1 atom stereocenters. The predicted molar refractivity (Wildman–Crippen MR) is 53.5 cm³/mol. The molecular weight excluding hydrogens is 188 g/mol. The van der Waals surface area contributed by atoms with Crippen molar-refractivity contribution < 1.29 is 9.84 Å². The van der Waals surface area contributed by atoms with Gasteiger partial charge in [0.15, 0.2) is 0 Å². The molecule has 0 aromatic heterocycles. The van der Waals surface area contributed by atoms with E-state index >= 15 is 0 Å². The molecule has 76 valence electrons. The molecule has 1 aliphatic rings. The molecule has 0 aliphatic carbocycles. The molecule has 0 bridgehead atoms. The van der Waals surface area contributed by atoms with Gasteiger partial charge in [0.05, 0.1) is 0 Å². The summed E-state index contributed by atoms with van der Waals surface area (Å²) in [5.74, 6) is 0.605. The van der Waals surface area contributed by atoms with Crippen molar-refractivity contribution in [3.63, 3.8) is 0 Å². The maximum atomic E-state index is 10.3. The number of halogens is 1. The zero-order valence-electron chi connectivity index (χ0n) is 8.60. The highest BCUT2D eigenvalue weighted by molar-refractivity contribution is 6.25. The van der Waals surface area contributed by atoms with Gasteiger partial charge in [-0.2, -0.15) is 0 Å². The van der Waals surface area contributed by atoms with E-state index in [4.69, 9.17) is 16.3 Å². The van der Waals surface area contributed by atoms with Gasteiger partial charge in [-0.1, -0.05) is 25.4 Å². The van der Waals surface area contributed by atoms with Crippen molar-refractivity contribution in [3.8, 4) is 0 Å². The molecular formula is C10H17ClO2. The van der Waals surface area contributed by atoms with Gasteiger partial charge in [-0.05, 0) is 19.8 Å². The van der Waals surface area contributed by atoms with Crippen LogP contribution in [0.5, 0.6) is 0 Å². The van der Waals surface area contributed by atoms with Gasteiger partial charge in [-0.25, -0.2) is 0 Å². The van der Waals surface area contributed by atoms with Gasteiger partial charge < -0.3 is 9.84 Å². The van der Waals surface area contributed by atoms with E-state index in [0.29, 0.717) is 12.2 Å². The molecule has 1 rings (SSSR count). The molecule has 1 unspecified atom stereocenters. The van der Waals surface area contributed by atoms with E-state index < -0.39 is 5.60 Å². The largest absolute Gasteiger partial charge is 0.488 e. The smallest absolute Gasteiger partial charge is 0.140 e. The summed E-state index contributed by atoms with van der Waals surface area (Å²) in [5.41, 5.74) is 0.125. The SMILES string of the molecule is CC(C)C1(O)CC(C)(C)O/C1=C/Cl. The van der Waals surface area contributed by atoms with Gasteiger partial charge in [0, 0.05) is 12.0 Å². The maximum absolute atomic E-state index is 10.3. The molecule has 2 nitrogen and oxygen atoms in total. The van der Waals surface area contributed by atoms with Gasteiger partial charge >= 0.3 is 0 Å². The van der Waals surface area contributed by atoms with Crippen molar-refractivity contribution >= 4 is 11.6 Å². The summed E-state index contributed by atoms with van der Waals surface area (Å²) in [6.45, 7) is 7.83. The van der Waals surface area contributed by atoms with Crippen LogP contribution in [0, 0.1) is 5.92 Å². The number of hydrogen-bond donors (Lipinski definition) is 1. The molecule has 1 saturated heterocycles. The molecule has 13 heavy (non-hydrogen) atoms. The Morgan fingerprint density at radius 2 is 2.08 bits per heavy atom. The lowest BCUT2D eigenvalue weighted by molar-refractivity contribution is 0.0281.